The number of sulfonamides is 1. The normalized spacial score (nSPS) is 21.2. The maximum Gasteiger partial charge on any atom is 0.244 e. The van der Waals surface area contributed by atoms with E-state index in [-0.39, 0.29) is 5.54 Å². The summed E-state index contributed by atoms with van der Waals surface area (Å²) in [7, 11) is 0.482. The fourth-order valence-corrected chi connectivity index (χ4v) is 5.40. The highest BCUT2D eigenvalue weighted by Gasteiger charge is 2.38. The Bertz CT molecular complexity index is 566. The Labute approximate surface area is 125 Å². The molecule has 0 spiro atoms. The molecule has 0 unspecified atom stereocenters. The summed E-state index contributed by atoms with van der Waals surface area (Å²) in [6.45, 7) is 6.59. The average molecular weight is 317 g/mol. The summed E-state index contributed by atoms with van der Waals surface area (Å²) in [5.74, 6) is 0. The van der Waals surface area contributed by atoms with E-state index in [1.807, 2.05) is 19.5 Å². The summed E-state index contributed by atoms with van der Waals surface area (Å²) in [6, 6.07) is 1.72. The van der Waals surface area contributed by atoms with Crippen molar-refractivity contribution in [1.29, 1.82) is 0 Å². The van der Waals surface area contributed by atoms with Gasteiger partial charge in [-0.05, 0) is 39.4 Å². The second kappa shape index (κ2) is 5.73. The Morgan fingerprint density at radius 3 is 2.70 bits per heavy atom. The van der Waals surface area contributed by atoms with Crippen molar-refractivity contribution in [1.82, 2.24) is 14.5 Å². The van der Waals surface area contributed by atoms with E-state index in [0.717, 1.165) is 11.4 Å². The Balaban J connectivity index is 2.29. The van der Waals surface area contributed by atoms with Crippen LogP contribution < -0.4 is 5.32 Å². The molecule has 114 valence electrons. The van der Waals surface area contributed by atoms with E-state index in [4.69, 9.17) is 0 Å². The molecule has 1 N–H and O–H groups in total. The number of nitrogens with zero attached hydrogens (tertiary/aromatic N) is 2. The lowest BCUT2D eigenvalue weighted by molar-refractivity contribution is 0.0801. The van der Waals surface area contributed by atoms with Crippen LogP contribution in [0.5, 0.6) is 0 Å². The molecule has 0 aromatic carbocycles. The van der Waals surface area contributed by atoms with Gasteiger partial charge in [-0.25, -0.2) is 8.42 Å². The maximum atomic E-state index is 12.8. The van der Waals surface area contributed by atoms with Gasteiger partial charge in [0, 0.05) is 36.6 Å². The number of thiophene rings is 1. The minimum Gasteiger partial charge on any atom is -0.315 e. The van der Waals surface area contributed by atoms with Crippen LogP contribution in [0.4, 0.5) is 0 Å². The van der Waals surface area contributed by atoms with Crippen molar-refractivity contribution in [3.05, 3.63) is 16.3 Å². The number of likely N-dealkylation sites (N-methyl/N-ethyl adjacent to an activating group) is 1. The van der Waals surface area contributed by atoms with Crippen LogP contribution in [0.2, 0.25) is 0 Å². The third-order valence-corrected chi connectivity index (χ3v) is 6.92. The van der Waals surface area contributed by atoms with Gasteiger partial charge in [0.15, 0.2) is 0 Å². The Morgan fingerprint density at radius 2 is 2.10 bits per heavy atom. The highest BCUT2D eigenvalue weighted by molar-refractivity contribution is 7.89. The van der Waals surface area contributed by atoms with Gasteiger partial charge in [-0.2, -0.15) is 4.31 Å². The summed E-state index contributed by atoms with van der Waals surface area (Å²) >= 11 is 1.49. The Kier molecular flexibility index (Phi) is 4.56. The molecule has 20 heavy (non-hydrogen) atoms. The van der Waals surface area contributed by atoms with E-state index in [1.54, 1.807) is 10.4 Å². The third kappa shape index (κ3) is 2.92. The molecule has 1 aliphatic rings. The van der Waals surface area contributed by atoms with Crippen LogP contribution in [0.25, 0.3) is 0 Å². The fraction of sp³-hybridized carbons (Fsp3) is 0.692. The molecule has 2 heterocycles. The van der Waals surface area contributed by atoms with Gasteiger partial charge in [-0.1, -0.05) is 0 Å². The number of rotatable bonds is 4. The van der Waals surface area contributed by atoms with E-state index < -0.39 is 10.0 Å². The molecule has 1 saturated heterocycles. The molecule has 1 aromatic rings. The molecule has 0 amide bonds. The molecule has 1 aliphatic heterocycles. The second-order valence-corrected chi connectivity index (χ2v) is 8.72. The van der Waals surface area contributed by atoms with E-state index in [0.29, 0.717) is 24.5 Å². The predicted molar refractivity (Wildman–Crippen MR) is 82.6 cm³/mol. The van der Waals surface area contributed by atoms with E-state index >= 15 is 0 Å². The first kappa shape index (κ1) is 15.9. The average Bonchev–Trinajstić information content (AvgIpc) is 2.82. The van der Waals surface area contributed by atoms with Crippen LogP contribution in [-0.4, -0.2) is 56.9 Å². The molecule has 0 saturated carbocycles. The summed E-state index contributed by atoms with van der Waals surface area (Å²) in [5.41, 5.74) is -0.134. The van der Waals surface area contributed by atoms with Gasteiger partial charge in [0.1, 0.15) is 0 Å². The molecule has 1 aromatic heterocycles. The molecule has 2 rings (SSSR count). The molecule has 7 heteroatoms. The molecule has 1 fully saturated rings. The maximum absolute atomic E-state index is 12.8. The lowest BCUT2D eigenvalue weighted by Gasteiger charge is -2.44. The summed E-state index contributed by atoms with van der Waals surface area (Å²) in [5, 5.41) is 4.88. The molecule has 0 aliphatic carbocycles. The molecule has 0 bridgehead atoms. The minimum atomic E-state index is -3.39. The van der Waals surface area contributed by atoms with E-state index in [1.165, 1.54) is 11.3 Å². The number of hydrogen-bond acceptors (Lipinski definition) is 5. The highest BCUT2D eigenvalue weighted by Crippen LogP contribution is 2.29. The summed E-state index contributed by atoms with van der Waals surface area (Å²) < 4.78 is 27.3. The molecular formula is C13H23N3O2S2. The van der Waals surface area contributed by atoms with Gasteiger partial charge in [0.05, 0.1) is 4.90 Å². The van der Waals surface area contributed by atoms with Gasteiger partial charge in [0.25, 0.3) is 0 Å². The van der Waals surface area contributed by atoms with Gasteiger partial charge in [-0.3, -0.25) is 4.90 Å². The van der Waals surface area contributed by atoms with Crippen molar-refractivity contribution < 1.29 is 8.42 Å². The van der Waals surface area contributed by atoms with Crippen LogP contribution in [0, 0.1) is 0 Å². The zero-order chi connectivity index (χ0) is 15.0. The first-order valence-corrected chi connectivity index (χ1v) is 9.03. The van der Waals surface area contributed by atoms with Crippen LogP contribution >= 0.6 is 11.3 Å². The monoisotopic (exact) mass is 317 g/mol. The van der Waals surface area contributed by atoms with Gasteiger partial charge >= 0.3 is 0 Å². The summed E-state index contributed by atoms with van der Waals surface area (Å²) in [4.78, 5) is 3.54. The molecule has 5 nitrogen and oxygen atoms in total. The number of piperazine rings is 1. The quantitative estimate of drug-likeness (QED) is 0.906. The zero-order valence-electron chi connectivity index (χ0n) is 12.5. The van der Waals surface area contributed by atoms with Crippen molar-refractivity contribution in [2.75, 3.05) is 33.7 Å². The van der Waals surface area contributed by atoms with Crippen LogP contribution in [0.3, 0.4) is 0 Å². The molecule has 0 atom stereocenters. The van der Waals surface area contributed by atoms with Crippen molar-refractivity contribution in [3.63, 3.8) is 0 Å². The Hall–Kier alpha value is -0.470. The standard InChI is InChI=1S/C13H23N3O2S2/c1-13(2)10-16(7-6-15(13)4)20(17,18)12-5-8-19-11(12)9-14-3/h5,8,14H,6-7,9-10H2,1-4H3. The summed E-state index contributed by atoms with van der Waals surface area (Å²) in [6.07, 6.45) is 0. The van der Waals surface area contributed by atoms with Crippen molar-refractivity contribution in [2.45, 2.75) is 30.8 Å². The largest absolute Gasteiger partial charge is 0.315 e. The molecular weight excluding hydrogens is 294 g/mol. The lowest BCUT2D eigenvalue weighted by Crippen LogP contribution is -2.58. The third-order valence-electron chi connectivity index (χ3n) is 3.94. The second-order valence-electron chi connectivity index (χ2n) is 5.81. The SMILES string of the molecule is CNCc1sccc1S(=O)(=O)N1CCN(C)C(C)(C)C1. The van der Waals surface area contributed by atoms with Crippen LogP contribution in [0.1, 0.15) is 18.7 Å². The van der Waals surface area contributed by atoms with Crippen molar-refractivity contribution in [3.8, 4) is 0 Å². The first-order valence-electron chi connectivity index (χ1n) is 6.71. The van der Waals surface area contributed by atoms with Crippen molar-refractivity contribution >= 4 is 21.4 Å². The highest BCUT2D eigenvalue weighted by atomic mass is 32.2. The number of hydrogen-bond donors (Lipinski definition) is 1. The predicted octanol–water partition coefficient (Wildman–Crippen LogP) is 1.18. The molecule has 0 radical (unpaired) electrons. The zero-order valence-corrected chi connectivity index (χ0v) is 14.1. The number of nitrogens with one attached hydrogen (secondary N) is 1. The van der Waals surface area contributed by atoms with Crippen molar-refractivity contribution in [2.24, 2.45) is 0 Å². The van der Waals surface area contributed by atoms with Gasteiger partial charge in [0.2, 0.25) is 10.0 Å². The topological polar surface area (TPSA) is 52.7 Å². The van der Waals surface area contributed by atoms with Crippen LogP contribution in [0.15, 0.2) is 16.3 Å². The fourth-order valence-electron chi connectivity index (χ4n) is 2.39. The van der Waals surface area contributed by atoms with E-state index in [9.17, 15) is 8.42 Å². The Morgan fingerprint density at radius 1 is 1.40 bits per heavy atom. The minimum absolute atomic E-state index is 0.134. The smallest absolute Gasteiger partial charge is 0.244 e. The van der Waals surface area contributed by atoms with E-state index in [2.05, 4.69) is 24.1 Å². The lowest BCUT2D eigenvalue weighted by atomic mass is 10.0. The van der Waals surface area contributed by atoms with Gasteiger partial charge < -0.3 is 5.32 Å². The van der Waals surface area contributed by atoms with Gasteiger partial charge in [-0.15, -0.1) is 11.3 Å². The van der Waals surface area contributed by atoms with Crippen LogP contribution in [-0.2, 0) is 16.6 Å². The first-order chi connectivity index (χ1) is 9.29.